The molecule has 1 aliphatic carbocycles. The fourth-order valence-electron chi connectivity index (χ4n) is 4.21. The number of halogens is 1. The summed E-state index contributed by atoms with van der Waals surface area (Å²) in [5, 5.41) is 3.78. The van der Waals surface area contributed by atoms with Crippen molar-refractivity contribution in [3.05, 3.63) is 28.9 Å². The molecule has 31 heavy (non-hydrogen) atoms. The first-order valence-electron chi connectivity index (χ1n) is 10.8. The van der Waals surface area contributed by atoms with Crippen LogP contribution in [0.15, 0.2) is 18.3 Å². The van der Waals surface area contributed by atoms with Gasteiger partial charge in [-0.05, 0) is 37.3 Å². The smallest absolute Gasteiger partial charge is 0.229 e. The molecule has 9 heteroatoms. The van der Waals surface area contributed by atoms with Crippen LogP contribution in [0.4, 0.5) is 23.1 Å². The molecule has 3 heterocycles. The molecule has 1 amide bonds. The molecule has 0 unspecified atom stereocenters. The van der Waals surface area contributed by atoms with E-state index in [1.54, 1.807) is 11.1 Å². The van der Waals surface area contributed by atoms with E-state index in [4.69, 9.17) is 26.1 Å². The van der Waals surface area contributed by atoms with Crippen molar-refractivity contribution in [2.75, 3.05) is 42.0 Å². The Labute approximate surface area is 186 Å². The van der Waals surface area contributed by atoms with Crippen LogP contribution < -0.4 is 19.9 Å². The Bertz CT molecular complexity index is 978. The van der Waals surface area contributed by atoms with E-state index in [1.807, 2.05) is 19.2 Å². The minimum absolute atomic E-state index is 0.0566. The summed E-state index contributed by atoms with van der Waals surface area (Å²) in [4.78, 5) is 25.4. The molecule has 1 N–H and O–H groups in total. The van der Waals surface area contributed by atoms with Crippen molar-refractivity contribution < 1.29 is 14.3 Å². The zero-order valence-corrected chi connectivity index (χ0v) is 18.3. The van der Waals surface area contributed by atoms with Gasteiger partial charge in [-0.2, -0.15) is 4.98 Å². The van der Waals surface area contributed by atoms with Crippen LogP contribution in [0.5, 0.6) is 5.75 Å². The Morgan fingerprint density at radius 1 is 1.16 bits per heavy atom. The first-order valence-corrected chi connectivity index (χ1v) is 11.2. The maximum Gasteiger partial charge on any atom is 0.229 e. The predicted molar refractivity (Wildman–Crippen MR) is 120 cm³/mol. The number of carbonyl (C=O) groups excluding carboxylic acids is 1. The standard InChI is InChI=1S/C22H26ClN5O3/c1-27(15-2-3-15)19-12-24-22(25-18-10-14-4-9-31-20(14)11-17(18)23)26-21(19)28(13-29)16-5-7-30-8-6-16/h10-13,15-16H,2-9H2,1H3,(H,24,25,26). The molecule has 0 radical (unpaired) electrons. The maximum atomic E-state index is 12.2. The number of hydrogen-bond donors (Lipinski definition) is 1. The molecule has 5 rings (SSSR count). The average molecular weight is 444 g/mol. The number of anilines is 4. The van der Waals surface area contributed by atoms with Gasteiger partial charge in [-0.25, -0.2) is 4.98 Å². The largest absolute Gasteiger partial charge is 0.493 e. The van der Waals surface area contributed by atoms with Gasteiger partial charge in [-0.3, -0.25) is 9.69 Å². The number of fused-ring (bicyclic) bond motifs is 1. The van der Waals surface area contributed by atoms with Crippen LogP contribution in [-0.4, -0.2) is 55.3 Å². The lowest BCUT2D eigenvalue weighted by molar-refractivity contribution is -0.108. The molecule has 2 aliphatic heterocycles. The van der Waals surface area contributed by atoms with Crippen molar-refractivity contribution in [2.24, 2.45) is 0 Å². The lowest BCUT2D eigenvalue weighted by atomic mass is 10.1. The summed E-state index contributed by atoms with van der Waals surface area (Å²) in [5.41, 5.74) is 2.69. The maximum absolute atomic E-state index is 12.2. The fourth-order valence-corrected chi connectivity index (χ4v) is 4.41. The monoisotopic (exact) mass is 443 g/mol. The summed E-state index contributed by atoms with van der Waals surface area (Å²) in [6, 6.07) is 4.33. The van der Waals surface area contributed by atoms with Gasteiger partial charge in [0.05, 0.1) is 29.2 Å². The first kappa shape index (κ1) is 20.3. The highest BCUT2D eigenvalue weighted by Gasteiger charge is 2.32. The van der Waals surface area contributed by atoms with E-state index < -0.39 is 0 Å². The third-order valence-corrected chi connectivity index (χ3v) is 6.51. The molecule has 164 valence electrons. The Morgan fingerprint density at radius 2 is 1.97 bits per heavy atom. The van der Waals surface area contributed by atoms with Crippen molar-refractivity contribution in [2.45, 2.75) is 44.2 Å². The van der Waals surface area contributed by atoms with Crippen molar-refractivity contribution in [3.63, 3.8) is 0 Å². The number of ether oxygens (including phenoxy) is 2. The minimum atomic E-state index is 0.0566. The van der Waals surface area contributed by atoms with E-state index in [1.165, 1.54) is 0 Å². The summed E-state index contributed by atoms with van der Waals surface area (Å²) in [7, 11) is 2.04. The quantitative estimate of drug-likeness (QED) is 0.655. The molecule has 0 bridgehead atoms. The van der Waals surface area contributed by atoms with Crippen molar-refractivity contribution >= 4 is 41.2 Å². The van der Waals surface area contributed by atoms with Crippen LogP contribution in [0, 0.1) is 0 Å². The van der Waals surface area contributed by atoms with Gasteiger partial charge >= 0.3 is 0 Å². The first-order chi connectivity index (χ1) is 15.1. The van der Waals surface area contributed by atoms with Crippen LogP contribution in [0.25, 0.3) is 0 Å². The molecule has 0 spiro atoms. The van der Waals surface area contributed by atoms with Crippen LogP contribution >= 0.6 is 11.6 Å². The fraction of sp³-hybridized carbons (Fsp3) is 0.500. The molecular formula is C22H26ClN5O3. The highest BCUT2D eigenvalue weighted by atomic mass is 35.5. The molecule has 8 nitrogen and oxygen atoms in total. The molecule has 0 atom stereocenters. The van der Waals surface area contributed by atoms with Gasteiger partial charge in [-0.15, -0.1) is 0 Å². The van der Waals surface area contributed by atoms with Crippen LogP contribution in [0.2, 0.25) is 5.02 Å². The van der Waals surface area contributed by atoms with Gasteiger partial charge in [0.25, 0.3) is 0 Å². The van der Waals surface area contributed by atoms with Crippen LogP contribution in [0.3, 0.4) is 0 Å². The number of hydrogen-bond acceptors (Lipinski definition) is 7. The second-order valence-electron chi connectivity index (χ2n) is 8.26. The number of nitrogens with one attached hydrogen (secondary N) is 1. The second kappa shape index (κ2) is 8.51. The zero-order valence-electron chi connectivity index (χ0n) is 17.5. The summed E-state index contributed by atoms with van der Waals surface area (Å²) in [6.45, 7) is 1.95. The molecule has 1 aromatic heterocycles. The summed E-state index contributed by atoms with van der Waals surface area (Å²) < 4.78 is 11.1. The highest BCUT2D eigenvalue weighted by Crippen LogP contribution is 2.38. The lowest BCUT2D eigenvalue weighted by Gasteiger charge is -2.33. The minimum Gasteiger partial charge on any atom is -0.493 e. The second-order valence-corrected chi connectivity index (χ2v) is 8.67. The lowest BCUT2D eigenvalue weighted by Crippen LogP contribution is -2.40. The molecule has 1 saturated heterocycles. The molecule has 1 aromatic carbocycles. The number of amides is 1. The molecular weight excluding hydrogens is 418 g/mol. The normalized spacial score (nSPS) is 18.3. The van der Waals surface area contributed by atoms with Crippen LogP contribution in [0.1, 0.15) is 31.2 Å². The Balaban J connectivity index is 1.49. The predicted octanol–water partition coefficient (Wildman–Crippen LogP) is 3.55. The number of aromatic nitrogens is 2. The molecule has 3 aliphatic rings. The van der Waals surface area contributed by atoms with E-state index in [0.717, 1.165) is 61.2 Å². The Kier molecular flexibility index (Phi) is 5.58. The Morgan fingerprint density at radius 3 is 2.71 bits per heavy atom. The number of nitrogens with zero attached hydrogens (tertiary/aromatic N) is 4. The number of carbonyl (C=O) groups is 1. The van der Waals surface area contributed by atoms with E-state index in [0.29, 0.717) is 42.7 Å². The molecule has 1 saturated carbocycles. The van der Waals surface area contributed by atoms with E-state index >= 15 is 0 Å². The third kappa shape index (κ3) is 4.14. The van der Waals surface area contributed by atoms with Crippen molar-refractivity contribution in [3.8, 4) is 5.75 Å². The SMILES string of the molecule is CN(c1cnc(Nc2cc3c(cc2Cl)OCC3)nc1N(C=O)C1CCOCC1)C1CC1. The van der Waals surface area contributed by atoms with E-state index in [-0.39, 0.29) is 6.04 Å². The van der Waals surface area contributed by atoms with Gasteiger partial charge in [0.1, 0.15) is 5.75 Å². The van der Waals surface area contributed by atoms with Crippen LogP contribution in [-0.2, 0) is 16.0 Å². The van der Waals surface area contributed by atoms with E-state index in [2.05, 4.69) is 15.2 Å². The van der Waals surface area contributed by atoms with Gasteiger partial charge in [-0.1, -0.05) is 11.6 Å². The van der Waals surface area contributed by atoms with Crippen molar-refractivity contribution in [1.29, 1.82) is 0 Å². The zero-order chi connectivity index (χ0) is 21.4. The Hall–Kier alpha value is -2.58. The van der Waals surface area contributed by atoms with Gasteiger partial charge in [0.15, 0.2) is 5.82 Å². The van der Waals surface area contributed by atoms with Crippen molar-refractivity contribution in [1.82, 2.24) is 9.97 Å². The average Bonchev–Trinajstić information content (AvgIpc) is 3.54. The number of rotatable bonds is 7. The summed E-state index contributed by atoms with van der Waals surface area (Å²) in [5.74, 6) is 1.85. The summed E-state index contributed by atoms with van der Waals surface area (Å²) in [6.07, 6.45) is 7.38. The topological polar surface area (TPSA) is 79.8 Å². The highest BCUT2D eigenvalue weighted by molar-refractivity contribution is 6.33. The molecule has 2 aromatic rings. The van der Waals surface area contributed by atoms with Gasteiger partial charge in [0, 0.05) is 44.8 Å². The summed E-state index contributed by atoms with van der Waals surface area (Å²) >= 11 is 6.45. The van der Waals surface area contributed by atoms with E-state index in [9.17, 15) is 4.79 Å². The van der Waals surface area contributed by atoms with Gasteiger partial charge < -0.3 is 19.7 Å². The number of benzene rings is 1. The third-order valence-electron chi connectivity index (χ3n) is 6.19. The molecule has 2 fully saturated rings. The van der Waals surface area contributed by atoms with Gasteiger partial charge in [0.2, 0.25) is 12.4 Å².